The smallest absolute Gasteiger partial charge is 0.269 e. The fourth-order valence-electron chi connectivity index (χ4n) is 3.41. The van der Waals surface area contributed by atoms with Crippen molar-refractivity contribution in [3.63, 3.8) is 0 Å². The van der Waals surface area contributed by atoms with E-state index in [1.54, 1.807) is 72.8 Å². The van der Waals surface area contributed by atoms with E-state index in [0.717, 1.165) is 4.47 Å². The van der Waals surface area contributed by atoms with Crippen LogP contribution in [0.15, 0.2) is 83.3 Å². The summed E-state index contributed by atoms with van der Waals surface area (Å²) in [6, 6.07) is 21.1. The first-order chi connectivity index (χ1) is 16.3. The molecule has 2 N–H and O–H groups in total. The minimum absolute atomic E-state index is 0.0694. The Morgan fingerprint density at radius 2 is 1.62 bits per heavy atom. The van der Waals surface area contributed by atoms with Crippen molar-refractivity contribution >= 4 is 74.0 Å². The standard InChI is InChI=1S/C24H18BrClN4O3S/c25-16-8-12-18(13-9-16)27-21(31)14-20-23(33)29(19-4-2-1-3-5-19)24(34)30(20)28-22(32)15-6-10-17(26)11-7-15/h1-13,20H,14H2,(H,27,31)(H,28,32). The molecule has 1 heterocycles. The Hall–Kier alpha value is -3.27. The maximum absolute atomic E-state index is 13.4. The van der Waals surface area contributed by atoms with Crippen LogP contribution in [0.5, 0.6) is 0 Å². The maximum atomic E-state index is 13.4. The molecular formula is C24H18BrClN4O3S. The molecule has 0 aromatic heterocycles. The fraction of sp³-hybridized carbons (Fsp3) is 0.0833. The number of para-hydroxylation sites is 1. The number of nitrogens with one attached hydrogen (secondary N) is 2. The molecule has 0 radical (unpaired) electrons. The largest absolute Gasteiger partial charge is 0.326 e. The number of carbonyl (C=O) groups is 3. The van der Waals surface area contributed by atoms with E-state index >= 15 is 0 Å². The van der Waals surface area contributed by atoms with E-state index in [2.05, 4.69) is 26.7 Å². The first kappa shape index (κ1) is 23.9. The normalized spacial score (nSPS) is 15.4. The van der Waals surface area contributed by atoms with Crippen LogP contribution >= 0.6 is 39.7 Å². The molecule has 34 heavy (non-hydrogen) atoms. The molecule has 1 fully saturated rings. The Morgan fingerprint density at radius 1 is 0.971 bits per heavy atom. The van der Waals surface area contributed by atoms with Crippen LogP contribution in [-0.2, 0) is 9.59 Å². The number of thiocarbonyl (C=S) groups is 1. The second-order valence-electron chi connectivity index (χ2n) is 7.38. The predicted octanol–water partition coefficient (Wildman–Crippen LogP) is 4.78. The van der Waals surface area contributed by atoms with Gasteiger partial charge in [-0.15, -0.1) is 0 Å². The molecule has 0 bridgehead atoms. The maximum Gasteiger partial charge on any atom is 0.269 e. The summed E-state index contributed by atoms with van der Waals surface area (Å²) in [5.41, 5.74) is 4.13. The predicted molar refractivity (Wildman–Crippen MR) is 138 cm³/mol. The number of hydrogen-bond acceptors (Lipinski definition) is 4. The third-order valence-electron chi connectivity index (χ3n) is 5.06. The molecule has 0 aliphatic carbocycles. The Morgan fingerprint density at radius 3 is 2.26 bits per heavy atom. The molecule has 3 amide bonds. The summed E-state index contributed by atoms with van der Waals surface area (Å²) in [6.07, 6.45) is -0.223. The zero-order chi connectivity index (χ0) is 24.2. The van der Waals surface area contributed by atoms with Gasteiger partial charge < -0.3 is 5.32 Å². The van der Waals surface area contributed by atoms with Crippen LogP contribution in [0.25, 0.3) is 0 Å². The summed E-state index contributed by atoms with van der Waals surface area (Å²) >= 11 is 14.8. The van der Waals surface area contributed by atoms with E-state index in [9.17, 15) is 14.4 Å². The number of anilines is 2. The zero-order valence-corrected chi connectivity index (χ0v) is 20.7. The SMILES string of the molecule is O=C(CC1C(=O)N(c2ccccc2)C(=S)N1NC(=O)c1ccc(Cl)cc1)Nc1ccc(Br)cc1. The molecule has 3 aromatic carbocycles. The highest BCUT2D eigenvalue weighted by Crippen LogP contribution is 2.26. The van der Waals surface area contributed by atoms with Crippen molar-refractivity contribution < 1.29 is 14.4 Å². The molecule has 1 saturated heterocycles. The number of hydrogen-bond donors (Lipinski definition) is 2. The van der Waals surface area contributed by atoms with E-state index in [4.69, 9.17) is 23.8 Å². The lowest BCUT2D eigenvalue weighted by atomic mass is 10.1. The third kappa shape index (κ3) is 5.27. The lowest BCUT2D eigenvalue weighted by Gasteiger charge is -2.24. The lowest BCUT2D eigenvalue weighted by Crippen LogP contribution is -2.49. The lowest BCUT2D eigenvalue weighted by molar-refractivity contribution is -0.124. The van der Waals surface area contributed by atoms with E-state index in [1.165, 1.54) is 9.91 Å². The van der Waals surface area contributed by atoms with Crippen molar-refractivity contribution in [1.82, 2.24) is 10.4 Å². The zero-order valence-electron chi connectivity index (χ0n) is 17.6. The van der Waals surface area contributed by atoms with Gasteiger partial charge in [-0.3, -0.25) is 24.7 Å². The van der Waals surface area contributed by atoms with Gasteiger partial charge in [0.2, 0.25) is 11.0 Å². The van der Waals surface area contributed by atoms with E-state index in [-0.39, 0.29) is 11.5 Å². The number of amides is 3. The van der Waals surface area contributed by atoms with Gasteiger partial charge >= 0.3 is 0 Å². The Balaban J connectivity index is 1.58. The molecule has 4 rings (SSSR count). The highest BCUT2D eigenvalue weighted by Gasteiger charge is 2.45. The van der Waals surface area contributed by atoms with Crippen molar-refractivity contribution in [2.24, 2.45) is 0 Å². The highest BCUT2D eigenvalue weighted by molar-refractivity contribution is 9.10. The number of nitrogens with zero attached hydrogens (tertiary/aromatic N) is 2. The summed E-state index contributed by atoms with van der Waals surface area (Å²) < 4.78 is 0.872. The van der Waals surface area contributed by atoms with E-state index < -0.39 is 23.8 Å². The average molecular weight is 558 g/mol. The highest BCUT2D eigenvalue weighted by atomic mass is 79.9. The number of hydrazine groups is 1. The van der Waals surface area contributed by atoms with Gasteiger partial charge in [-0.25, -0.2) is 5.01 Å². The topological polar surface area (TPSA) is 81.8 Å². The Bertz CT molecular complexity index is 1240. The van der Waals surface area contributed by atoms with E-state index in [0.29, 0.717) is 22.0 Å². The van der Waals surface area contributed by atoms with Gasteiger partial charge in [-0.05, 0) is 72.9 Å². The molecule has 3 aromatic rings. The number of benzene rings is 3. The van der Waals surface area contributed by atoms with Crippen LogP contribution in [0.2, 0.25) is 5.02 Å². The van der Waals surface area contributed by atoms with Gasteiger partial charge in [0.25, 0.3) is 11.8 Å². The summed E-state index contributed by atoms with van der Waals surface area (Å²) in [4.78, 5) is 40.3. The van der Waals surface area contributed by atoms with Gasteiger partial charge in [-0.2, -0.15) is 0 Å². The monoisotopic (exact) mass is 556 g/mol. The summed E-state index contributed by atoms with van der Waals surface area (Å²) in [5.74, 6) is -1.30. The van der Waals surface area contributed by atoms with Gasteiger partial charge in [0, 0.05) is 20.7 Å². The Labute approximate surface area is 214 Å². The molecular weight excluding hydrogens is 540 g/mol. The van der Waals surface area contributed by atoms with Gasteiger partial charge in [0.05, 0.1) is 12.1 Å². The second-order valence-corrected chi connectivity index (χ2v) is 9.10. The number of rotatable bonds is 6. The van der Waals surface area contributed by atoms with Crippen LogP contribution in [-0.4, -0.2) is 33.9 Å². The van der Waals surface area contributed by atoms with E-state index in [1.807, 2.05) is 6.07 Å². The van der Waals surface area contributed by atoms with Gasteiger partial charge in [0.1, 0.15) is 6.04 Å². The van der Waals surface area contributed by atoms with Gasteiger partial charge in [-0.1, -0.05) is 45.7 Å². The van der Waals surface area contributed by atoms with Crippen LogP contribution in [0.1, 0.15) is 16.8 Å². The van der Waals surface area contributed by atoms with Crippen molar-refractivity contribution in [1.29, 1.82) is 0 Å². The molecule has 10 heteroatoms. The van der Waals surface area contributed by atoms with Crippen molar-refractivity contribution in [2.75, 3.05) is 10.2 Å². The first-order valence-electron chi connectivity index (χ1n) is 10.2. The second kappa shape index (κ2) is 10.3. The van der Waals surface area contributed by atoms with Crippen molar-refractivity contribution in [3.05, 3.63) is 93.9 Å². The fourth-order valence-corrected chi connectivity index (χ4v) is 4.17. The van der Waals surface area contributed by atoms with Gasteiger partial charge in [0.15, 0.2) is 0 Å². The van der Waals surface area contributed by atoms with Crippen LogP contribution in [0.4, 0.5) is 11.4 Å². The van der Waals surface area contributed by atoms with Crippen LogP contribution < -0.4 is 15.6 Å². The molecule has 0 saturated carbocycles. The molecule has 1 unspecified atom stereocenters. The summed E-state index contributed by atoms with van der Waals surface area (Å²) in [5, 5.41) is 4.59. The molecule has 1 atom stereocenters. The molecule has 1 aliphatic heterocycles. The van der Waals surface area contributed by atoms with Crippen LogP contribution in [0.3, 0.4) is 0 Å². The van der Waals surface area contributed by atoms with Crippen molar-refractivity contribution in [3.8, 4) is 0 Å². The third-order valence-corrected chi connectivity index (χ3v) is 6.22. The summed E-state index contributed by atoms with van der Waals surface area (Å²) in [6.45, 7) is 0. The first-order valence-corrected chi connectivity index (χ1v) is 11.8. The average Bonchev–Trinajstić information content (AvgIpc) is 3.05. The molecule has 7 nitrogen and oxygen atoms in total. The quantitative estimate of drug-likeness (QED) is 0.427. The summed E-state index contributed by atoms with van der Waals surface area (Å²) in [7, 11) is 0. The van der Waals surface area contributed by atoms with Crippen LogP contribution in [0, 0.1) is 0 Å². The minimum atomic E-state index is -1.03. The molecule has 172 valence electrons. The molecule has 0 spiro atoms. The molecule has 1 aliphatic rings. The Kier molecular flexibility index (Phi) is 7.26. The van der Waals surface area contributed by atoms with Crippen molar-refractivity contribution in [2.45, 2.75) is 12.5 Å². The number of carbonyl (C=O) groups excluding carboxylic acids is 3. The number of halogens is 2. The minimum Gasteiger partial charge on any atom is -0.326 e.